The van der Waals surface area contributed by atoms with Gasteiger partial charge in [-0.15, -0.1) is 6.58 Å². The van der Waals surface area contributed by atoms with Crippen molar-refractivity contribution >= 4 is 34.9 Å². The van der Waals surface area contributed by atoms with Crippen molar-refractivity contribution in [2.75, 3.05) is 27.3 Å². The lowest BCUT2D eigenvalue weighted by Crippen LogP contribution is -2.39. The molecule has 1 fully saturated rings. The van der Waals surface area contributed by atoms with Crippen molar-refractivity contribution in [1.29, 1.82) is 0 Å². The summed E-state index contributed by atoms with van der Waals surface area (Å²) in [6.45, 7) is 3.44. The van der Waals surface area contributed by atoms with Gasteiger partial charge in [0.15, 0.2) is 11.5 Å². The molecule has 3 amide bonds. The minimum Gasteiger partial charge on any atom is -0.493 e. The van der Waals surface area contributed by atoms with E-state index in [-0.39, 0.29) is 18.0 Å². The van der Waals surface area contributed by atoms with Crippen LogP contribution >= 0.6 is 11.8 Å². The summed E-state index contributed by atoms with van der Waals surface area (Å²) in [5.74, 6) is 0.152. The molecule has 1 aliphatic rings. The second kappa shape index (κ2) is 8.39. The summed E-state index contributed by atoms with van der Waals surface area (Å²) in [6.07, 6.45) is 3.09. The third-order valence-corrected chi connectivity index (χ3v) is 4.23. The number of imide groups is 1. The van der Waals surface area contributed by atoms with Crippen LogP contribution in [0, 0.1) is 0 Å². The first kappa shape index (κ1) is 18.6. The Morgan fingerprint density at radius 2 is 2.00 bits per heavy atom. The highest BCUT2D eigenvalue weighted by atomic mass is 32.2. The minimum atomic E-state index is -0.501. The maximum Gasteiger partial charge on any atom is 0.294 e. The number of amides is 3. The molecule has 7 nitrogen and oxygen atoms in total. The quantitative estimate of drug-likeness (QED) is 0.590. The van der Waals surface area contributed by atoms with Crippen LogP contribution < -0.4 is 14.8 Å². The SMILES string of the molecule is C=CCNC(=O)CN1C(=O)S/C(=C/c2ccc(OC)c(OC)c2)C1=O. The van der Waals surface area contributed by atoms with Crippen LogP contribution in [0.2, 0.25) is 0 Å². The average Bonchev–Trinajstić information content (AvgIpc) is 2.87. The van der Waals surface area contributed by atoms with Crippen molar-refractivity contribution in [3.05, 3.63) is 41.3 Å². The van der Waals surface area contributed by atoms with E-state index in [2.05, 4.69) is 11.9 Å². The molecule has 2 rings (SSSR count). The lowest BCUT2D eigenvalue weighted by atomic mass is 10.2. The van der Waals surface area contributed by atoms with Gasteiger partial charge in [-0.25, -0.2) is 0 Å². The van der Waals surface area contributed by atoms with Gasteiger partial charge in [0.2, 0.25) is 5.91 Å². The van der Waals surface area contributed by atoms with Gasteiger partial charge in [-0.3, -0.25) is 19.3 Å². The second-order valence-corrected chi connectivity index (χ2v) is 5.97. The minimum absolute atomic E-state index is 0.244. The smallest absolute Gasteiger partial charge is 0.294 e. The Hall–Kier alpha value is -2.74. The second-order valence-electron chi connectivity index (χ2n) is 4.98. The standard InChI is InChI=1S/C17H18N2O5S/c1-4-7-18-15(20)10-19-16(21)14(25-17(19)22)9-11-5-6-12(23-2)13(8-11)24-3/h4-6,8-9H,1,7,10H2,2-3H3,(H,18,20)/b14-9+. The van der Waals surface area contributed by atoms with Gasteiger partial charge in [-0.2, -0.15) is 0 Å². The van der Waals surface area contributed by atoms with E-state index in [1.54, 1.807) is 24.3 Å². The van der Waals surface area contributed by atoms with E-state index in [9.17, 15) is 14.4 Å². The molecule has 0 spiro atoms. The number of hydrogen-bond acceptors (Lipinski definition) is 6. The third-order valence-electron chi connectivity index (χ3n) is 3.32. The maximum absolute atomic E-state index is 12.4. The first-order valence-corrected chi connectivity index (χ1v) is 8.16. The number of nitrogens with one attached hydrogen (secondary N) is 1. The number of nitrogens with zero attached hydrogens (tertiary/aromatic N) is 1. The molecule has 1 saturated heterocycles. The van der Waals surface area contributed by atoms with E-state index in [0.29, 0.717) is 17.1 Å². The van der Waals surface area contributed by atoms with Gasteiger partial charge in [0.1, 0.15) is 6.54 Å². The summed E-state index contributed by atoms with van der Waals surface area (Å²) in [7, 11) is 3.04. The van der Waals surface area contributed by atoms with Gasteiger partial charge < -0.3 is 14.8 Å². The Morgan fingerprint density at radius 1 is 1.28 bits per heavy atom. The van der Waals surface area contributed by atoms with Crippen LogP contribution in [0.5, 0.6) is 11.5 Å². The lowest BCUT2D eigenvalue weighted by Gasteiger charge is -2.11. The number of ether oxygens (including phenoxy) is 2. The normalized spacial score (nSPS) is 15.4. The zero-order valence-corrected chi connectivity index (χ0v) is 14.7. The number of hydrogen-bond donors (Lipinski definition) is 1. The first-order chi connectivity index (χ1) is 12.0. The molecule has 1 aromatic rings. The number of methoxy groups -OCH3 is 2. The van der Waals surface area contributed by atoms with Crippen LogP contribution in [0.1, 0.15) is 5.56 Å². The predicted molar refractivity (Wildman–Crippen MR) is 95.4 cm³/mol. The zero-order valence-electron chi connectivity index (χ0n) is 13.9. The molecule has 0 aliphatic carbocycles. The van der Waals surface area contributed by atoms with Crippen molar-refractivity contribution in [2.24, 2.45) is 0 Å². The summed E-state index contributed by atoms with van der Waals surface area (Å²) < 4.78 is 10.4. The molecule has 1 aliphatic heterocycles. The topological polar surface area (TPSA) is 84.9 Å². The summed E-state index contributed by atoms with van der Waals surface area (Å²) >= 11 is 0.792. The van der Waals surface area contributed by atoms with E-state index >= 15 is 0 Å². The van der Waals surface area contributed by atoms with Gasteiger partial charge in [0.25, 0.3) is 11.1 Å². The van der Waals surface area contributed by atoms with E-state index < -0.39 is 17.1 Å². The molecule has 1 heterocycles. The van der Waals surface area contributed by atoms with Gasteiger partial charge in [0.05, 0.1) is 19.1 Å². The highest BCUT2D eigenvalue weighted by molar-refractivity contribution is 8.18. The van der Waals surface area contributed by atoms with Crippen LogP contribution in [-0.2, 0) is 9.59 Å². The number of benzene rings is 1. The summed E-state index contributed by atoms with van der Waals surface area (Å²) in [5, 5.41) is 2.05. The van der Waals surface area contributed by atoms with Crippen molar-refractivity contribution < 1.29 is 23.9 Å². The fraction of sp³-hybridized carbons (Fsp3) is 0.235. The fourth-order valence-electron chi connectivity index (χ4n) is 2.12. The molecular formula is C17H18N2O5S. The summed E-state index contributed by atoms with van der Waals surface area (Å²) in [4.78, 5) is 37.2. The predicted octanol–water partition coefficient (Wildman–Crippen LogP) is 2.04. The lowest BCUT2D eigenvalue weighted by molar-refractivity contribution is -0.129. The van der Waals surface area contributed by atoms with Crippen LogP contribution in [0.25, 0.3) is 6.08 Å². The van der Waals surface area contributed by atoms with Gasteiger partial charge in [0, 0.05) is 6.54 Å². The van der Waals surface area contributed by atoms with E-state index in [1.165, 1.54) is 20.3 Å². The van der Waals surface area contributed by atoms with Crippen molar-refractivity contribution in [1.82, 2.24) is 10.2 Å². The number of carbonyl (C=O) groups excluding carboxylic acids is 3. The van der Waals surface area contributed by atoms with Gasteiger partial charge in [-0.1, -0.05) is 12.1 Å². The van der Waals surface area contributed by atoms with E-state index in [4.69, 9.17) is 9.47 Å². The largest absolute Gasteiger partial charge is 0.493 e. The third kappa shape index (κ3) is 4.42. The first-order valence-electron chi connectivity index (χ1n) is 7.35. The number of carbonyl (C=O) groups is 3. The molecular weight excluding hydrogens is 344 g/mol. The molecule has 132 valence electrons. The summed E-state index contributed by atoms with van der Waals surface area (Å²) in [5.41, 5.74) is 0.680. The monoisotopic (exact) mass is 362 g/mol. The van der Waals surface area contributed by atoms with Crippen LogP contribution in [-0.4, -0.2) is 49.3 Å². The number of rotatable bonds is 7. The summed E-state index contributed by atoms with van der Waals surface area (Å²) in [6, 6.07) is 5.15. The van der Waals surface area contributed by atoms with Crippen LogP contribution in [0.15, 0.2) is 35.8 Å². The molecule has 1 aromatic carbocycles. The molecule has 0 unspecified atom stereocenters. The van der Waals surface area contributed by atoms with Crippen LogP contribution in [0.4, 0.5) is 4.79 Å². The van der Waals surface area contributed by atoms with Crippen LogP contribution in [0.3, 0.4) is 0 Å². The molecule has 25 heavy (non-hydrogen) atoms. The Balaban J connectivity index is 2.17. The van der Waals surface area contributed by atoms with Crippen molar-refractivity contribution in [3.8, 4) is 11.5 Å². The molecule has 1 N–H and O–H groups in total. The molecule has 0 bridgehead atoms. The average molecular weight is 362 g/mol. The highest BCUT2D eigenvalue weighted by Crippen LogP contribution is 2.34. The molecule has 0 saturated carbocycles. The van der Waals surface area contributed by atoms with Gasteiger partial charge >= 0.3 is 0 Å². The number of thioether (sulfide) groups is 1. The van der Waals surface area contributed by atoms with E-state index in [0.717, 1.165) is 16.7 Å². The Bertz CT molecular complexity index is 745. The molecule has 0 atom stereocenters. The highest BCUT2D eigenvalue weighted by Gasteiger charge is 2.36. The fourth-order valence-corrected chi connectivity index (χ4v) is 2.95. The molecule has 0 radical (unpaired) electrons. The van der Waals surface area contributed by atoms with Crippen molar-refractivity contribution in [3.63, 3.8) is 0 Å². The maximum atomic E-state index is 12.4. The Morgan fingerprint density at radius 3 is 2.64 bits per heavy atom. The Labute approximate surface area is 149 Å². The van der Waals surface area contributed by atoms with E-state index in [1.807, 2.05) is 0 Å². The zero-order chi connectivity index (χ0) is 18.4. The Kier molecular flexibility index (Phi) is 6.24. The van der Waals surface area contributed by atoms with Gasteiger partial charge in [-0.05, 0) is 35.5 Å². The molecule has 8 heteroatoms. The van der Waals surface area contributed by atoms with Crippen molar-refractivity contribution in [2.45, 2.75) is 0 Å². The molecule has 0 aromatic heterocycles.